The molecule has 1 saturated heterocycles. The van der Waals surface area contributed by atoms with Crippen LogP contribution in [0.2, 0.25) is 5.15 Å². The summed E-state index contributed by atoms with van der Waals surface area (Å²) in [4.78, 5) is 10.7. The zero-order chi connectivity index (χ0) is 14.0. The van der Waals surface area contributed by atoms with Crippen LogP contribution in [0.3, 0.4) is 0 Å². The van der Waals surface area contributed by atoms with E-state index in [9.17, 15) is 8.42 Å². The molecule has 0 radical (unpaired) electrons. The molecule has 2 rings (SSSR count). The summed E-state index contributed by atoms with van der Waals surface area (Å²) >= 11 is 6.01. The second kappa shape index (κ2) is 5.63. The number of anilines is 1. The standard InChI is InChI=1S/C12H18ClN3O2S/c1-3-4-11-14-10(13)7-12(15-11)16-5-6-19(17,18)8-9(16)2/h7,9H,3-6,8H2,1-2H3. The average molecular weight is 304 g/mol. The molecule has 0 amide bonds. The van der Waals surface area contributed by atoms with Crippen LogP contribution >= 0.6 is 11.6 Å². The van der Waals surface area contributed by atoms with Crippen molar-refractivity contribution in [3.05, 3.63) is 17.0 Å². The molecule has 19 heavy (non-hydrogen) atoms. The van der Waals surface area contributed by atoms with Crippen LogP contribution in [0.15, 0.2) is 6.07 Å². The summed E-state index contributed by atoms with van der Waals surface area (Å²) in [6.45, 7) is 4.41. The van der Waals surface area contributed by atoms with E-state index >= 15 is 0 Å². The van der Waals surface area contributed by atoms with Crippen molar-refractivity contribution >= 4 is 27.3 Å². The lowest BCUT2D eigenvalue weighted by atomic mass is 10.3. The summed E-state index contributed by atoms with van der Waals surface area (Å²) in [5.41, 5.74) is 0. The summed E-state index contributed by atoms with van der Waals surface area (Å²) in [5.74, 6) is 1.77. The molecule has 106 valence electrons. The normalized spacial score (nSPS) is 22.5. The Morgan fingerprint density at radius 1 is 1.47 bits per heavy atom. The van der Waals surface area contributed by atoms with Crippen LogP contribution in [0.1, 0.15) is 26.1 Å². The van der Waals surface area contributed by atoms with Gasteiger partial charge in [0.05, 0.1) is 11.5 Å². The molecule has 7 heteroatoms. The van der Waals surface area contributed by atoms with E-state index in [1.807, 2.05) is 11.8 Å². The molecule has 0 spiro atoms. The largest absolute Gasteiger partial charge is 0.352 e. The fourth-order valence-electron chi connectivity index (χ4n) is 2.27. The lowest BCUT2D eigenvalue weighted by molar-refractivity contribution is 0.566. The molecule has 0 N–H and O–H groups in total. The average Bonchev–Trinajstić information content (AvgIpc) is 2.27. The van der Waals surface area contributed by atoms with E-state index in [1.165, 1.54) is 0 Å². The van der Waals surface area contributed by atoms with Gasteiger partial charge in [-0.25, -0.2) is 18.4 Å². The Kier molecular flexibility index (Phi) is 4.30. The maximum absolute atomic E-state index is 11.6. The predicted octanol–water partition coefficient (Wildman–Crippen LogP) is 1.71. The first-order valence-corrected chi connectivity index (χ1v) is 8.62. The third-order valence-electron chi connectivity index (χ3n) is 3.17. The Morgan fingerprint density at radius 3 is 2.84 bits per heavy atom. The zero-order valence-corrected chi connectivity index (χ0v) is 12.7. The second-order valence-electron chi connectivity index (χ2n) is 4.87. The molecule has 1 unspecified atom stereocenters. The fraction of sp³-hybridized carbons (Fsp3) is 0.667. The third kappa shape index (κ3) is 3.57. The van der Waals surface area contributed by atoms with Gasteiger partial charge >= 0.3 is 0 Å². The maximum Gasteiger partial charge on any atom is 0.154 e. The van der Waals surface area contributed by atoms with Crippen LogP contribution in [0.25, 0.3) is 0 Å². The first kappa shape index (κ1) is 14.5. The first-order valence-electron chi connectivity index (χ1n) is 6.42. The summed E-state index contributed by atoms with van der Waals surface area (Å²) in [6, 6.07) is 1.62. The number of sulfone groups is 1. The van der Waals surface area contributed by atoms with Gasteiger partial charge in [-0.15, -0.1) is 0 Å². The van der Waals surface area contributed by atoms with Crippen molar-refractivity contribution < 1.29 is 8.42 Å². The summed E-state index contributed by atoms with van der Waals surface area (Å²) < 4.78 is 23.2. The number of aryl methyl sites for hydroxylation is 1. The molecule has 0 aliphatic carbocycles. The Bertz CT molecular complexity index is 562. The van der Waals surface area contributed by atoms with Gasteiger partial charge in [-0.05, 0) is 13.3 Å². The third-order valence-corrected chi connectivity index (χ3v) is 5.15. The molecule has 1 atom stereocenters. The number of halogens is 1. The molecule has 1 aromatic rings. The van der Waals surface area contributed by atoms with E-state index in [0.29, 0.717) is 17.5 Å². The molecule has 5 nitrogen and oxygen atoms in total. The van der Waals surface area contributed by atoms with Gasteiger partial charge in [0.1, 0.15) is 16.8 Å². The van der Waals surface area contributed by atoms with Crippen LogP contribution in [-0.4, -0.2) is 42.5 Å². The van der Waals surface area contributed by atoms with E-state index in [2.05, 4.69) is 16.9 Å². The minimum atomic E-state index is -2.92. The topological polar surface area (TPSA) is 63.2 Å². The van der Waals surface area contributed by atoms with Gasteiger partial charge in [0.15, 0.2) is 9.84 Å². The van der Waals surface area contributed by atoms with Crippen LogP contribution in [0.5, 0.6) is 0 Å². The Labute approximate surface area is 118 Å². The molecule has 0 bridgehead atoms. The van der Waals surface area contributed by atoms with Crippen LogP contribution < -0.4 is 4.90 Å². The number of rotatable bonds is 3. The van der Waals surface area contributed by atoms with Gasteiger partial charge in [0.25, 0.3) is 0 Å². The van der Waals surface area contributed by atoms with Gasteiger partial charge in [0.2, 0.25) is 0 Å². The summed E-state index contributed by atoms with van der Waals surface area (Å²) in [5, 5.41) is 0.411. The SMILES string of the molecule is CCCc1nc(Cl)cc(N2CCS(=O)(=O)CC2C)n1. The maximum atomic E-state index is 11.6. The lowest BCUT2D eigenvalue weighted by Crippen LogP contribution is -2.47. The predicted molar refractivity (Wildman–Crippen MR) is 76.5 cm³/mol. The van der Waals surface area contributed by atoms with Gasteiger partial charge in [-0.3, -0.25) is 0 Å². The number of nitrogens with zero attached hydrogens (tertiary/aromatic N) is 3. The molecule has 0 saturated carbocycles. The van der Waals surface area contributed by atoms with Crippen molar-refractivity contribution in [2.24, 2.45) is 0 Å². The highest BCUT2D eigenvalue weighted by molar-refractivity contribution is 7.91. The quantitative estimate of drug-likeness (QED) is 0.795. The Hall–Kier alpha value is -0.880. The highest BCUT2D eigenvalue weighted by Crippen LogP contribution is 2.22. The monoisotopic (exact) mass is 303 g/mol. The molecule has 1 aliphatic heterocycles. The molecular weight excluding hydrogens is 286 g/mol. The van der Waals surface area contributed by atoms with Gasteiger partial charge in [0, 0.05) is 25.1 Å². The van der Waals surface area contributed by atoms with Gasteiger partial charge in [-0.2, -0.15) is 0 Å². The van der Waals surface area contributed by atoms with E-state index in [1.54, 1.807) is 6.07 Å². The molecule has 1 fully saturated rings. The summed E-state index contributed by atoms with van der Waals surface area (Å²) in [6.07, 6.45) is 1.72. The van der Waals surface area contributed by atoms with E-state index in [-0.39, 0.29) is 17.5 Å². The van der Waals surface area contributed by atoms with Crippen LogP contribution in [0.4, 0.5) is 5.82 Å². The van der Waals surface area contributed by atoms with Gasteiger partial charge in [-0.1, -0.05) is 18.5 Å². The molecule has 1 aliphatic rings. The Morgan fingerprint density at radius 2 is 2.21 bits per heavy atom. The molecule has 2 heterocycles. The fourth-order valence-corrected chi connectivity index (χ4v) is 4.02. The lowest BCUT2D eigenvalue weighted by Gasteiger charge is -2.34. The number of hydrogen-bond acceptors (Lipinski definition) is 5. The highest BCUT2D eigenvalue weighted by atomic mass is 35.5. The smallest absolute Gasteiger partial charge is 0.154 e. The van der Waals surface area contributed by atoms with E-state index in [0.717, 1.165) is 18.7 Å². The van der Waals surface area contributed by atoms with Crippen LogP contribution in [-0.2, 0) is 16.3 Å². The van der Waals surface area contributed by atoms with E-state index < -0.39 is 9.84 Å². The van der Waals surface area contributed by atoms with E-state index in [4.69, 9.17) is 11.6 Å². The van der Waals surface area contributed by atoms with Crippen molar-refractivity contribution in [2.75, 3.05) is 23.0 Å². The van der Waals surface area contributed by atoms with Crippen LogP contribution in [0, 0.1) is 0 Å². The number of aromatic nitrogens is 2. The zero-order valence-electron chi connectivity index (χ0n) is 11.1. The molecule has 1 aromatic heterocycles. The van der Waals surface area contributed by atoms with Crippen molar-refractivity contribution in [1.82, 2.24) is 9.97 Å². The number of hydrogen-bond donors (Lipinski definition) is 0. The summed E-state index contributed by atoms with van der Waals surface area (Å²) in [7, 11) is -2.92. The minimum absolute atomic E-state index is 0.0841. The Balaban J connectivity index is 2.26. The molecule has 0 aromatic carbocycles. The van der Waals surface area contributed by atoms with Crippen molar-refractivity contribution in [3.63, 3.8) is 0 Å². The molecular formula is C12H18ClN3O2S. The second-order valence-corrected chi connectivity index (χ2v) is 7.49. The minimum Gasteiger partial charge on any atom is -0.352 e. The van der Waals surface area contributed by atoms with Crippen molar-refractivity contribution in [2.45, 2.75) is 32.7 Å². The van der Waals surface area contributed by atoms with Crippen molar-refractivity contribution in [3.8, 4) is 0 Å². The highest BCUT2D eigenvalue weighted by Gasteiger charge is 2.29. The van der Waals surface area contributed by atoms with Gasteiger partial charge < -0.3 is 4.90 Å². The first-order chi connectivity index (χ1) is 8.91. The van der Waals surface area contributed by atoms with Crippen molar-refractivity contribution in [1.29, 1.82) is 0 Å².